The van der Waals surface area contributed by atoms with Crippen molar-refractivity contribution in [2.45, 2.75) is 6.92 Å². The molecule has 3 rings (SSSR count). The van der Waals surface area contributed by atoms with E-state index >= 15 is 0 Å². The first kappa shape index (κ1) is 18.8. The summed E-state index contributed by atoms with van der Waals surface area (Å²) >= 11 is 0. The number of hydrogen-bond donors (Lipinski definition) is 2. The molecule has 0 aliphatic rings. The first-order valence-electron chi connectivity index (χ1n) is 7.95. The van der Waals surface area contributed by atoms with Crippen LogP contribution in [0.5, 0.6) is 0 Å². The van der Waals surface area contributed by atoms with Crippen molar-refractivity contribution in [1.82, 2.24) is 9.97 Å². The molecule has 28 heavy (non-hydrogen) atoms. The molecule has 3 aromatic rings. The molecule has 0 atom stereocenters. The number of nitrogens with zero attached hydrogens (tertiary/aromatic N) is 3. The van der Waals surface area contributed by atoms with E-state index in [0.717, 1.165) is 6.07 Å². The number of nitrogens with one attached hydrogen (secondary N) is 2. The Kier molecular flexibility index (Phi) is 5.22. The topological polar surface area (TPSA) is 90.7 Å². The fourth-order valence-corrected chi connectivity index (χ4v) is 2.31. The van der Waals surface area contributed by atoms with Crippen LogP contribution in [0.4, 0.5) is 30.5 Å². The molecular formula is C19H12F3N5O. The number of aromatic nitrogens is 2. The zero-order chi connectivity index (χ0) is 20.3. The predicted octanol–water partition coefficient (Wildman–Crippen LogP) is 4.07. The van der Waals surface area contributed by atoms with Gasteiger partial charge in [-0.15, -0.1) is 0 Å². The normalized spacial score (nSPS) is 10.2. The van der Waals surface area contributed by atoms with Gasteiger partial charge in [-0.25, -0.2) is 23.1 Å². The van der Waals surface area contributed by atoms with Gasteiger partial charge >= 0.3 is 0 Å². The number of benzene rings is 2. The van der Waals surface area contributed by atoms with E-state index in [-0.39, 0.29) is 11.6 Å². The van der Waals surface area contributed by atoms with E-state index < -0.39 is 29.0 Å². The molecule has 0 aliphatic carbocycles. The van der Waals surface area contributed by atoms with E-state index in [9.17, 15) is 18.0 Å². The Bertz CT molecular complexity index is 1090. The number of anilines is 3. The molecule has 0 radical (unpaired) electrons. The summed E-state index contributed by atoms with van der Waals surface area (Å²) < 4.78 is 40.1. The van der Waals surface area contributed by atoms with Gasteiger partial charge in [-0.1, -0.05) is 0 Å². The van der Waals surface area contributed by atoms with Gasteiger partial charge in [0.2, 0.25) is 5.95 Å². The standard InChI is InChI=1S/C19H12F3N5O/c1-10-8-15(18(28)26-14-7-6-13(20)16(21)17(14)22)27-19(24-10)25-12-4-2-11(9-23)3-5-12/h2-8H,1H3,(H,26,28)(H,24,25,27). The number of halogens is 3. The second kappa shape index (κ2) is 7.75. The Labute approximate surface area is 157 Å². The van der Waals surface area contributed by atoms with E-state index in [2.05, 4.69) is 20.6 Å². The van der Waals surface area contributed by atoms with Crippen molar-refractivity contribution >= 4 is 23.2 Å². The Morgan fingerprint density at radius 2 is 1.75 bits per heavy atom. The van der Waals surface area contributed by atoms with Gasteiger partial charge in [0, 0.05) is 11.4 Å². The second-order valence-electron chi connectivity index (χ2n) is 5.71. The smallest absolute Gasteiger partial charge is 0.274 e. The van der Waals surface area contributed by atoms with Crippen molar-refractivity contribution in [3.05, 3.63) is 76.9 Å². The summed E-state index contributed by atoms with van der Waals surface area (Å²) in [7, 11) is 0. The van der Waals surface area contributed by atoms with Crippen molar-refractivity contribution in [3.8, 4) is 6.07 Å². The van der Waals surface area contributed by atoms with Crippen LogP contribution < -0.4 is 10.6 Å². The van der Waals surface area contributed by atoms with Crippen LogP contribution >= 0.6 is 0 Å². The van der Waals surface area contributed by atoms with Gasteiger partial charge in [0.25, 0.3) is 5.91 Å². The molecule has 140 valence electrons. The average Bonchev–Trinajstić information content (AvgIpc) is 2.68. The molecule has 0 saturated carbocycles. The summed E-state index contributed by atoms with van der Waals surface area (Å²) in [5, 5.41) is 13.9. The summed E-state index contributed by atoms with van der Waals surface area (Å²) in [6.45, 7) is 1.63. The summed E-state index contributed by atoms with van der Waals surface area (Å²) in [5.74, 6) is -5.27. The average molecular weight is 383 g/mol. The minimum absolute atomic E-state index is 0.0978. The van der Waals surface area contributed by atoms with Crippen molar-refractivity contribution in [2.75, 3.05) is 10.6 Å². The lowest BCUT2D eigenvalue weighted by Gasteiger charge is -2.10. The van der Waals surface area contributed by atoms with Crippen LogP contribution in [0.2, 0.25) is 0 Å². The molecule has 1 aromatic heterocycles. The zero-order valence-electron chi connectivity index (χ0n) is 14.4. The SMILES string of the molecule is Cc1cc(C(=O)Nc2ccc(F)c(F)c2F)nc(Nc2ccc(C#N)cc2)n1. The fourth-order valence-electron chi connectivity index (χ4n) is 2.31. The number of amides is 1. The third-order valence-corrected chi connectivity index (χ3v) is 3.64. The largest absolute Gasteiger partial charge is 0.324 e. The van der Waals surface area contributed by atoms with Crippen molar-refractivity contribution in [1.29, 1.82) is 5.26 Å². The second-order valence-corrected chi connectivity index (χ2v) is 5.71. The highest BCUT2D eigenvalue weighted by atomic mass is 19.2. The summed E-state index contributed by atoms with van der Waals surface area (Å²) in [4.78, 5) is 20.6. The summed E-state index contributed by atoms with van der Waals surface area (Å²) in [5.41, 5.74) is 0.892. The van der Waals surface area contributed by atoms with Crippen molar-refractivity contribution in [2.24, 2.45) is 0 Å². The summed E-state index contributed by atoms with van der Waals surface area (Å²) in [6, 6.07) is 11.4. The molecule has 0 bridgehead atoms. The number of hydrogen-bond acceptors (Lipinski definition) is 5. The molecule has 2 aromatic carbocycles. The molecule has 1 heterocycles. The molecular weight excluding hydrogens is 371 g/mol. The van der Waals surface area contributed by atoms with Gasteiger partial charge in [-0.05, 0) is 49.4 Å². The number of nitriles is 1. The Morgan fingerprint density at radius 3 is 2.43 bits per heavy atom. The van der Waals surface area contributed by atoms with Crippen LogP contribution in [0.3, 0.4) is 0 Å². The lowest BCUT2D eigenvalue weighted by Crippen LogP contribution is -2.17. The number of carbonyl (C=O) groups is 1. The van der Waals surface area contributed by atoms with E-state index in [0.29, 0.717) is 23.0 Å². The highest BCUT2D eigenvalue weighted by Gasteiger charge is 2.17. The molecule has 9 heteroatoms. The van der Waals surface area contributed by atoms with Crippen LogP contribution in [0.15, 0.2) is 42.5 Å². The Morgan fingerprint density at radius 1 is 1.04 bits per heavy atom. The highest BCUT2D eigenvalue weighted by molar-refractivity contribution is 6.03. The lowest BCUT2D eigenvalue weighted by atomic mass is 10.2. The van der Waals surface area contributed by atoms with Crippen molar-refractivity contribution < 1.29 is 18.0 Å². The minimum Gasteiger partial charge on any atom is -0.324 e. The van der Waals surface area contributed by atoms with Gasteiger partial charge in [0.05, 0.1) is 17.3 Å². The Balaban J connectivity index is 1.83. The third-order valence-electron chi connectivity index (χ3n) is 3.64. The minimum atomic E-state index is -1.68. The van der Waals surface area contributed by atoms with Crippen molar-refractivity contribution in [3.63, 3.8) is 0 Å². The van der Waals surface area contributed by atoms with Crippen LogP contribution in [-0.2, 0) is 0 Å². The first-order valence-corrected chi connectivity index (χ1v) is 7.95. The predicted molar refractivity (Wildman–Crippen MR) is 95.5 cm³/mol. The van der Waals surface area contributed by atoms with E-state index in [1.807, 2.05) is 6.07 Å². The number of aryl methyl sites for hydroxylation is 1. The molecule has 6 nitrogen and oxygen atoms in total. The van der Waals surface area contributed by atoms with Gasteiger partial charge in [-0.3, -0.25) is 4.79 Å². The molecule has 2 N–H and O–H groups in total. The third kappa shape index (κ3) is 4.07. The molecule has 1 amide bonds. The van der Waals surface area contributed by atoms with Gasteiger partial charge in [0.15, 0.2) is 17.5 Å². The maximum atomic E-state index is 13.7. The van der Waals surface area contributed by atoms with Crippen LogP contribution in [0, 0.1) is 35.7 Å². The molecule has 0 fully saturated rings. The zero-order valence-corrected chi connectivity index (χ0v) is 14.4. The highest BCUT2D eigenvalue weighted by Crippen LogP contribution is 2.21. The molecule has 0 saturated heterocycles. The molecule has 0 unspecified atom stereocenters. The van der Waals surface area contributed by atoms with E-state index in [1.165, 1.54) is 6.07 Å². The Hall–Kier alpha value is -3.93. The van der Waals surface area contributed by atoms with E-state index in [4.69, 9.17) is 5.26 Å². The van der Waals surface area contributed by atoms with Crippen LogP contribution in [-0.4, -0.2) is 15.9 Å². The molecule has 0 aliphatic heterocycles. The van der Waals surface area contributed by atoms with Crippen LogP contribution in [0.25, 0.3) is 0 Å². The number of rotatable bonds is 4. The van der Waals surface area contributed by atoms with Gasteiger partial charge in [0.1, 0.15) is 5.69 Å². The molecule has 0 spiro atoms. The van der Waals surface area contributed by atoms with E-state index in [1.54, 1.807) is 31.2 Å². The van der Waals surface area contributed by atoms with Gasteiger partial charge in [-0.2, -0.15) is 5.26 Å². The lowest BCUT2D eigenvalue weighted by molar-refractivity contribution is 0.102. The van der Waals surface area contributed by atoms with Gasteiger partial charge < -0.3 is 10.6 Å². The monoisotopic (exact) mass is 383 g/mol. The quantitative estimate of drug-likeness (QED) is 0.663. The maximum absolute atomic E-state index is 13.7. The fraction of sp³-hybridized carbons (Fsp3) is 0.0526. The number of carbonyl (C=O) groups excluding carboxylic acids is 1. The first-order chi connectivity index (χ1) is 13.4. The maximum Gasteiger partial charge on any atom is 0.274 e. The summed E-state index contributed by atoms with van der Waals surface area (Å²) in [6.07, 6.45) is 0. The van der Waals surface area contributed by atoms with Crippen LogP contribution in [0.1, 0.15) is 21.7 Å².